The first-order chi connectivity index (χ1) is 7.26. The molecule has 6 N–H and O–H groups in total. The first-order valence-corrected chi connectivity index (χ1v) is 5.83. The Balaban J connectivity index is 2.75. The fraction of sp³-hybridized carbons (Fsp3) is 1.00. The molecule has 0 spiro atoms. The minimum absolute atomic E-state index is 0.702. The van der Waals surface area contributed by atoms with Gasteiger partial charge in [0.25, 0.3) is 0 Å². The molecule has 1 heterocycles. The summed E-state index contributed by atoms with van der Waals surface area (Å²) in [5.74, 6) is 0. The normalized spacial score (nSPS) is 41.0. The molecule has 1 saturated heterocycles. The molecule has 0 bridgehead atoms. The van der Waals surface area contributed by atoms with Gasteiger partial charge in [-0.25, -0.2) is 4.57 Å². The van der Waals surface area contributed by atoms with E-state index in [1.807, 2.05) is 0 Å². The van der Waals surface area contributed by atoms with Gasteiger partial charge in [-0.1, -0.05) is 0 Å². The maximum absolute atomic E-state index is 10.5. The topological polar surface area (TPSA) is 157 Å². The highest BCUT2D eigenvalue weighted by Crippen LogP contribution is 2.40. The highest BCUT2D eigenvalue weighted by molar-refractivity contribution is 7.46. The number of ether oxygens (including phenoxy) is 1. The lowest BCUT2D eigenvalue weighted by atomic mass is 10.00. The van der Waals surface area contributed by atoms with Gasteiger partial charge in [0.1, 0.15) is 24.4 Å². The van der Waals surface area contributed by atoms with E-state index in [0.717, 1.165) is 0 Å². The Labute approximate surface area is 90.1 Å². The van der Waals surface area contributed by atoms with E-state index in [9.17, 15) is 19.9 Å². The molecule has 0 aromatic rings. The standard InChI is InChI=1S/C6H13O9P/c7-1-2-3(8)4(9)5(10)6(14-2)15-16(11,12)13/h2-10H,1H2,(H2,11,12,13)/t2-,3-,4-,5+,6?/m0/s1. The molecule has 10 heteroatoms. The van der Waals surface area contributed by atoms with Gasteiger partial charge in [-0.2, -0.15) is 0 Å². The number of hydrogen-bond acceptors (Lipinski definition) is 7. The van der Waals surface area contributed by atoms with E-state index in [1.54, 1.807) is 0 Å². The summed E-state index contributed by atoms with van der Waals surface area (Å²) >= 11 is 0. The van der Waals surface area contributed by atoms with Crippen molar-refractivity contribution in [2.45, 2.75) is 30.7 Å². The zero-order valence-electron chi connectivity index (χ0n) is 7.95. The number of aliphatic hydroxyl groups excluding tert-OH is 4. The number of rotatable bonds is 3. The molecule has 0 aromatic carbocycles. The van der Waals surface area contributed by atoms with E-state index in [1.165, 1.54) is 0 Å². The molecule has 0 aliphatic carbocycles. The highest BCUT2D eigenvalue weighted by Gasteiger charge is 2.46. The molecule has 0 radical (unpaired) electrons. The quantitative estimate of drug-likeness (QED) is 0.289. The van der Waals surface area contributed by atoms with Crippen LogP contribution in [0.2, 0.25) is 0 Å². The molecule has 0 aromatic heterocycles. The highest BCUT2D eigenvalue weighted by atomic mass is 31.2. The molecule has 16 heavy (non-hydrogen) atoms. The van der Waals surface area contributed by atoms with Gasteiger partial charge in [0.2, 0.25) is 0 Å². The zero-order chi connectivity index (χ0) is 12.5. The van der Waals surface area contributed by atoms with Crippen molar-refractivity contribution in [3.8, 4) is 0 Å². The van der Waals surface area contributed by atoms with Crippen LogP contribution in [0.5, 0.6) is 0 Å². The van der Waals surface area contributed by atoms with Gasteiger partial charge in [-0.3, -0.25) is 4.52 Å². The van der Waals surface area contributed by atoms with E-state index in [4.69, 9.17) is 14.9 Å². The average molecular weight is 260 g/mol. The Morgan fingerprint density at radius 1 is 1.12 bits per heavy atom. The van der Waals surface area contributed by atoms with Crippen LogP contribution in [0.3, 0.4) is 0 Å². The molecule has 1 fully saturated rings. The monoisotopic (exact) mass is 260 g/mol. The second kappa shape index (κ2) is 5.05. The molecule has 0 saturated carbocycles. The third-order valence-corrected chi connectivity index (χ3v) is 2.57. The fourth-order valence-corrected chi connectivity index (χ4v) is 1.73. The number of aliphatic hydroxyl groups is 4. The van der Waals surface area contributed by atoms with E-state index in [0.29, 0.717) is 0 Å². The lowest BCUT2D eigenvalue weighted by molar-refractivity contribution is -0.280. The van der Waals surface area contributed by atoms with Crippen molar-refractivity contribution < 1.29 is 44.0 Å². The van der Waals surface area contributed by atoms with Crippen LogP contribution in [0.4, 0.5) is 0 Å². The fourth-order valence-electron chi connectivity index (χ4n) is 1.29. The number of hydrogen-bond donors (Lipinski definition) is 6. The van der Waals surface area contributed by atoms with Gasteiger partial charge < -0.3 is 34.9 Å². The maximum atomic E-state index is 10.5. The van der Waals surface area contributed by atoms with Crippen LogP contribution in [-0.2, 0) is 13.8 Å². The van der Waals surface area contributed by atoms with Gasteiger partial charge in [0.15, 0.2) is 6.29 Å². The van der Waals surface area contributed by atoms with Crippen molar-refractivity contribution >= 4 is 7.82 Å². The Morgan fingerprint density at radius 2 is 1.69 bits per heavy atom. The summed E-state index contributed by atoms with van der Waals surface area (Å²) in [4.78, 5) is 17.0. The second-order valence-electron chi connectivity index (χ2n) is 3.29. The van der Waals surface area contributed by atoms with E-state index in [2.05, 4.69) is 9.26 Å². The van der Waals surface area contributed by atoms with Gasteiger partial charge in [-0.05, 0) is 0 Å². The predicted molar refractivity (Wildman–Crippen MR) is 46.9 cm³/mol. The van der Waals surface area contributed by atoms with Crippen molar-refractivity contribution in [1.29, 1.82) is 0 Å². The third kappa shape index (κ3) is 3.20. The van der Waals surface area contributed by atoms with Crippen LogP contribution >= 0.6 is 7.82 Å². The van der Waals surface area contributed by atoms with Crippen molar-refractivity contribution in [3.05, 3.63) is 0 Å². The van der Waals surface area contributed by atoms with E-state index >= 15 is 0 Å². The first-order valence-electron chi connectivity index (χ1n) is 4.30. The molecule has 1 rings (SSSR count). The van der Waals surface area contributed by atoms with Crippen LogP contribution in [0.1, 0.15) is 0 Å². The average Bonchev–Trinajstić information content (AvgIpc) is 2.17. The molecule has 96 valence electrons. The number of phosphoric acid groups is 1. The molecular formula is C6H13O9P. The van der Waals surface area contributed by atoms with Crippen LogP contribution in [0.25, 0.3) is 0 Å². The minimum atomic E-state index is -4.91. The Morgan fingerprint density at radius 3 is 2.12 bits per heavy atom. The zero-order valence-corrected chi connectivity index (χ0v) is 8.84. The van der Waals surface area contributed by atoms with E-state index < -0.39 is 45.1 Å². The van der Waals surface area contributed by atoms with Crippen LogP contribution in [-0.4, -0.2) is 67.5 Å². The van der Waals surface area contributed by atoms with Gasteiger partial charge in [-0.15, -0.1) is 0 Å². The lowest BCUT2D eigenvalue weighted by Gasteiger charge is -2.39. The third-order valence-electron chi connectivity index (χ3n) is 2.09. The lowest BCUT2D eigenvalue weighted by Crippen LogP contribution is -2.58. The molecule has 1 aliphatic rings. The summed E-state index contributed by atoms with van der Waals surface area (Å²) in [5, 5.41) is 36.6. The van der Waals surface area contributed by atoms with Crippen LogP contribution in [0.15, 0.2) is 0 Å². The van der Waals surface area contributed by atoms with Crippen molar-refractivity contribution in [3.63, 3.8) is 0 Å². The Kier molecular flexibility index (Phi) is 4.41. The summed E-state index contributed by atoms with van der Waals surface area (Å²) in [7, 11) is -4.91. The molecule has 5 atom stereocenters. The van der Waals surface area contributed by atoms with Crippen molar-refractivity contribution in [2.24, 2.45) is 0 Å². The largest absolute Gasteiger partial charge is 0.472 e. The number of phosphoric ester groups is 1. The van der Waals surface area contributed by atoms with Crippen LogP contribution < -0.4 is 0 Å². The summed E-state index contributed by atoms with van der Waals surface area (Å²) in [6.45, 7) is -0.702. The molecule has 1 unspecified atom stereocenters. The molecule has 9 nitrogen and oxygen atoms in total. The maximum Gasteiger partial charge on any atom is 0.472 e. The molecule has 0 amide bonds. The molecular weight excluding hydrogens is 247 g/mol. The van der Waals surface area contributed by atoms with Crippen molar-refractivity contribution in [1.82, 2.24) is 0 Å². The SMILES string of the molecule is O=P(O)(O)OC1O[C@@H](CO)[C@H](O)[C@H](O)[C@H]1O. The summed E-state index contributed by atoms with van der Waals surface area (Å²) in [6, 6.07) is 0. The minimum Gasteiger partial charge on any atom is -0.394 e. The molecule has 1 aliphatic heterocycles. The smallest absolute Gasteiger partial charge is 0.394 e. The predicted octanol–water partition coefficient (Wildman–Crippen LogP) is -3.10. The van der Waals surface area contributed by atoms with E-state index in [-0.39, 0.29) is 0 Å². The van der Waals surface area contributed by atoms with Gasteiger partial charge in [0.05, 0.1) is 6.61 Å². The van der Waals surface area contributed by atoms with Gasteiger partial charge in [0, 0.05) is 0 Å². The van der Waals surface area contributed by atoms with Gasteiger partial charge >= 0.3 is 7.82 Å². The summed E-state index contributed by atoms with van der Waals surface area (Å²) in [6.07, 6.45) is -8.25. The first kappa shape index (κ1) is 14.0. The summed E-state index contributed by atoms with van der Waals surface area (Å²) in [5.41, 5.74) is 0. The van der Waals surface area contributed by atoms with Crippen molar-refractivity contribution in [2.75, 3.05) is 6.61 Å². The summed E-state index contributed by atoms with van der Waals surface area (Å²) < 4.78 is 19.2. The second-order valence-corrected chi connectivity index (χ2v) is 4.49. The Hall–Kier alpha value is -0.0900. The Bertz CT molecular complexity index is 275. The van der Waals surface area contributed by atoms with Crippen LogP contribution in [0, 0.1) is 0 Å².